The number of hydrogen-bond donors (Lipinski definition) is 1. The predicted molar refractivity (Wildman–Crippen MR) is 126 cm³/mol. The van der Waals surface area contributed by atoms with Gasteiger partial charge in [0.05, 0.1) is 10.2 Å². The van der Waals surface area contributed by atoms with E-state index in [1.165, 1.54) is 5.56 Å². The molecule has 0 aliphatic rings. The number of aliphatic imine (C=N–C) groups is 1. The summed E-state index contributed by atoms with van der Waals surface area (Å²) >= 11 is 3.36. The minimum absolute atomic E-state index is 0.105. The minimum Gasteiger partial charge on any atom is -0.506 e. The van der Waals surface area contributed by atoms with Crippen LogP contribution in [-0.2, 0) is 5.41 Å². The van der Waals surface area contributed by atoms with Gasteiger partial charge in [-0.25, -0.2) is 4.98 Å². The number of oxazole rings is 1. The quantitative estimate of drug-likeness (QED) is 0.324. The van der Waals surface area contributed by atoms with Crippen molar-refractivity contribution >= 4 is 38.9 Å². The fourth-order valence-corrected chi connectivity index (χ4v) is 3.83. The Balaban J connectivity index is 1.63. The summed E-state index contributed by atoms with van der Waals surface area (Å²) in [6.45, 7) is 8.55. The van der Waals surface area contributed by atoms with Gasteiger partial charge in [-0.15, -0.1) is 0 Å². The van der Waals surface area contributed by atoms with Crippen LogP contribution < -0.4 is 0 Å². The highest BCUT2D eigenvalue weighted by molar-refractivity contribution is 9.10. The van der Waals surface area contributed by atoms with Crippen molar-refractivity contribution < 1.29 is 9.52 Å². The van der Waals surface area contributed by atoms with Crippen molar-refractivity contribution in [1.82, 2.24) is 4.98 Å². The van der Waals surface area contributed by atoms with E-state index in [0.717, 1.165) is 22.3 Å². The van der Waals surface area contributed by atoms with Crippen molar-refractivity contribution in [3.8, 4) is 17.2 Å². The number of halogens is 1. The first-order valence-corrected chi connectivity index (χ1v) is 10.5. The summed E-state index contributed by atoms with van der Waals surface area (Å²) in [6, 6.07) is 17.7. The van der Waals surface area contributed by atoms with Gasteiger partial charge in [-0.3, -0.25) is 4.99 Å². The third-order valence-electron chi connectivity index (χ3n) is 4.96. The van der Waals surface area contributed by atoms with Gasteiger partial charge in [-0.1, -0.05) is 32.9 Å². The predicted octanol–water partition coefficient (Wildman–Crippen LogP) is 7.32. The maximum Gasteiger partial charge on any atom is 0.227 e. The van der Waals surface area contributed by atoms with E-state index in [1.807, 2.05) is 49.4 Å². The van der Waals surface area contributed by atoms with Crippen molar-refractivity contribution in [3.05, 3.63) is 75.8 Å². The summed E-state index contributed by atoms with van der Waals surface area (Å²) in [7, 11) is 0. The van der Waals surface area contributed by atoms with E-state index in [4.69, 9.17) is 4.42 Å². The van der Waals surface area contributed by atoms with Gasteiger partial charge in [-0.05, 0) is 81.9 Å². The first kappa shape index (κ1) is 20.4. The van der Waals surface area contributed by atoms with Crippen LogP contribution in [0.15, 0.2) is 68.5 Å². The number of aryl methyl sites for hydroxylation is 1. The molecule has 4 rings (SSSR count). The van der Waals surface area contributed by atoms with Crippen molar-refractivity contribution in [2.45, 2.75) is 33.1 Å². The summed E-state index contributed by atoms with van der Waals surface area (Å²) < 4.78 is 6.59. The van der Waals surface area contributed by atoms with E-state index >= 15 is 0 Å². The molecular weight excluding hydrogens is 440 g/mol. The van der Waals surface area contributed by atoms with E-state index in [-0.39, 0.29) is 11.2 Å². The zero-order chi connectivity index (χ0) is 21.5. The Bertz CT molecular complexity index is 1250. The Morgan fingerprint density at radius 1 is 1.03 bits per heavy atom. The molecule has 0 aliphatic heterocycles. The Kier molecular flexibility index (Phi) is 5.24. The van der Waals surface area contributed by atoms with E-state index in [0.29, 0.717) is 21.5 Å². The van der Waals surface area contributed by atoms with Crippen LogP contribution in [0, 0.1) is 6.92 Å². The molecule has 0 atom stereocenters. The SMILES string of the molecule is Cc1cc(Br)c(O)c(C=Nc2ccc3oc(-c4ccc(C(C)(C)C)cc4)nc3c2)c1. The van der Waals surface area contributed by atoms with Gasteiger partial charge >= 0.3 is 0 Å². The fourth-order valence-electron chi connectivity index (χ4n) is 3.24. The highest BCUT2D eigenvalue weighted by atomic mass is 79.9. The number of nitrogens with zero attached hydrogens (tertiary/aromatic N) is 2. The molecule has 1 aromatic heterocycles. The molecule has 152 valence electrons. The van der Waals surface area contributed by atoms with Crippen LogP contribution >= 0.6 is 15.9 Å². The molecule has 30 heavy (non-hydrogen) atoms. The van der Waals surface area contributed by atoms with E-state index in [9.17, 15) is 5.11 Å². The maximum atomic E-state index is 10.2. The number of phenols is 1. The van der Waals surface area contributed by atoms with Crippen LogP contribution in [0.4, 0.5) is 5.69 Å². The Morgan fingerprint density at radius 3 is 2.47 bits per heavy atom. The molecule has 3 aromatic carbocycles. The number of rotatable bonds is 3. The van der Waals surface area contributed by atoms with Crippen LogP contribution in [0.3, 0.4) is 0 Å². The molecule has 4 nitrogen and oxygen atoms in total. The Morgan fingerprint density at radius 2 is 1.77 bits per heavy atom. The largest absolute Gasteiger partial charge is 0.506 e. The molecule has 0 fully saturated rings. The molecule has 0 amide bonds. The first-order valence-electron chi connectivity index (χ1n) is 9.75. The normalized spacial score (nSPS) is 12.2. The second-order valence-electron chi connectivity index (χ2n) is 8.44. The summed E-state index contributed by atoms with van der Waals surface area (Å²) in [6.07, 6.45) is 1.65. The molecule has 0 unspecified atom stereocenters. The number of phenolic OH excluding ortho intramolecular Hbond substituents is 1. The molecule has 1 heterocycles. The Labute approximate surface area is 184 Å². The minimum atomic E-state index is 0.105. The highest BCUT2D eigenvalue weighted by Crippen LogP contribution is 2.31. The van der Waals surface area contributed by atoms with Crippen LogP contribution in [0.2, 0.25) is 0 Å². The van der Waals surface area contributed by atoms with Gasteiger partial charge in [-0.2, -0.15) is 0 Å². The van der Waals surface area contributed by atoms with E-state index in [1.54, 1.807) is 6.21 Å². The van der Waals surface area contributed by atoms with Gasteiger partial charge in [0.15, 0.2) is 5.58 Å². The molecule has 0 aliphatic carbocycles. The molecular formula is C25H23BrN2O2. The molecule has 5 heteroatoms. The lowest BCUT2D eigenvalue weighted by Crippen LogP contribution is -2.10. The maximum absolute atomic E-state index is 10.2. The van der Waals surface area contributed by atoms with Gasteiger partial charge in [0.1, 0.15) is 11.3 Å². The molecule has 0 saturated carbocycles. The smallest absolute Gasteiger partial charge is 0.227 e. The van der Waals surface area contributed by atoms with Crippen molar-refractivity contribution in [1.29, 1.82) is 0 Å². The standard InChI is InChI=1S/C25H23BrN2O2/c1-15-11-17(23(29)20(26)12-15)14-27-19-9-10-22-21(13-19)28-24(30-22)16-5-7-18(8-6-16)25(2,3)4/h5-14,29H,1-4H3. The number of hydrogen-bond acceptors (Lipinski definition) is 4. The van der Waals surface area contributed by atoms with E-state index in [2.05, 4.69) is 58.8 Å². The zero-order valence-corrected chi connectivity index (χ0v) is 19.0. The third-order valence-corrected chi connectivity index (χ3v) is 5.56. The van der Waals surface area contributed by atoms with Crippen molar-refractivity contribution in [2.24, 2.45) is 4.99 Å². The molecule has 1 N–H and O–H groups in total. The average Bonchev–Trinajstić information content (AvgIpc) is 3.12. The first-order chi connectivity index (χ1) is 14.2. The summed E-state index contributed by atoms with van der Waals surface area (Å²) in [5, 5.41) is 10.2. The Hall–Kier alpha value is -2.92. The van der Waals surface area contributed by atoms with Gasteiger partial charge in [0.25, 0.3) is 0 Å². The molecule has 0 bridgehead atoms. The van der Waals surface area contributed by atoms with Gasteiger partial charge < -0.3 is 9.52 Å². The van der Waals surface area contributed by atoms with Crippen LogP contribution in [0.25, 0.3) is 22.6 Å². The second-order valence-corrected chi connectivity index (χ2v) is 9.30. The van der Waals surface area contributed by atoms with E-state index < -0.39 is 0 Å². The lowest BCUT2D eigenvalue weighted by molar-refractivity contribution is 0.471. The third kappa shape index (κ3) is 4.17. The number of aromatic hydroxyl groups is 1. The van der Waals surface area contributed by atoms with Gasteiger partial charge in [0, 0.05) is 17.3 Å². The monoisotopic (exact) mass is 462 g/mol. The molecule has 0 radical (unpaired) electrons. The topological polar surface area (TPSA) is 58.6 Å². The van der Waals surface area contributed by atoms with Crippen LogP contribution in [0.5, 0.6) is 5.75 Å². The lowest BCUT2D eigenvalue weighted by atomic mass is 9.87. The van der Waals surface area contributed by atoms with Crippen LogP contribution in [0.1, 0.15) is 37.5 Å². The molecule has 0 spiro atoms. The molecule has 0 saturated heterocycles. The van der Waals surface area contributed by atoms with Crippen LogP contribution in [-0.4, -0.2) is 16.3 Å². The highest BCUT2D eigenvalue weighted by Gasteiger charge is 2.15. The van der Waals surface area contributed by atoms with Gasteiger partial charge in [0.2, 0.25) is 5.89 Å². The number of fused-ring (bicyclic) bond motifs is 1. The average molecular weight is 463 g/mol. The fraction of sp³-hybridized carbons (Fsp3) is 0.200. The second kappa shape index (κ2) is 7.73. The number of aromatic nitrogens is 1. The lowest BCUT2D eigenvalue weighted by Gasteiger charge is -2.18. The summed E-state index contributed by atoms with van der Waals surface area (Å²) in [4.78, 5) is 9.14. The van der Waals surface area contributed by atoms with Crippen molar-refractivity contribution in [3.63, 3.8) is 0 Å². The van der Waals surface area contributed by atoms with Crippen molar-refractivity contribution in [2.75, 3.05) is 0 Å². The summed E-state index contributed by atoms with van der Waals surface area (Å²) in [5.74, 6) is 0.764. The summed E-state index contributed by atoms with van der Waals surface area (Å²) in [5.41, 5.74) is 6.20. The zero-order valence-electron chi connectivity index (χ0n) is 17.4. The number of benzene rings is 3. The molecule has 4 aromatic rings.